The van der Waals surface area contributed by atoms with Gasteiger partial charge in [0, 0.05) is 13.6 Å². The van der Waals surface area contributed by atoms with Crippen LogP contribution in [0, 0.1) is 0 Å². The molecule has 1 aliphatic rings. The maximum atomic E-state index is 13.0. The lowest BCUT2D eigenvalue weighted by Crippen LogP contribution is -2.31. The number of rotatable bonds is 6. The van der Waals surface area contributed by atoms with Crippen LogP contribution in [0.1, 0.15) is 31.4 Å². The van der Waals surface area contributed by atoms with Crippen LogP contribution in [0.25, 0.3) is 0 Å². The summed E-state index contributed by atoms with van der Waals surface area (Å²) in [4.78, 5) is 39.9. The average molecular weight is 450 g/mol. The van der Waals surface area contributed by atoms with E-state index in [9.17, 15) is 14.4 Å². The van der Waals surface area contributed by atoms with E-state index in [0.717, 1.165) is 17.7 Å². The first-order valence-corrected chi connectivity index (χ1v) is 10.2. The molecule has 2 aromatic rings. The molecule has 1 aliphatic heterocycles. The van der Waals surface area contributed by atoms with E-state index in [1.54, 1.807) is 37.4 Å². The Morgan fingerprint density at radius 3 is 2.43 bits per heavy atom. The molecule has 9 heteroatoms. The van der Waals surface area contributed by atoms with Crippen LogP contribution in [-0.2, 0) is 4.79 Å². The summed E-state index contributed by atoms with van der Waals surface area (Å²) in [5.74, 6) is -0.0691. The zero-order valence-corrected chi connectivity index (χ0v) is 18.0. The van der Waals surface area contributed by atoms with Crippen molar-refractivity contribution in [2.45, 2.75) is 25.8 Å². The number of carbonyl (C=O) groups excluding carboxylic acids is 3. The molecule has 0 aromatic heterocycles. The number of imide groups is 1. The molecule has 4 amide bonds. The number of hydrogen-bond acceptors (Lipinski definition) is 4. The number of urea groups is 1. The van der Waals surface area contributed by atoms with Crippen molar-refractivity contribution in [2.75, 3.05) is 18.5 Å². The highest BCUT2D eigenvalue weighted by atomic mass is 35.5. The minimum Gasteiger partial charge on any atom is -0.410 e. The second-order valence-electron chi connectivity index (χ2n) is 6.81. The fraction of sp³-hybridized carbons (Fsp3) is 0.286. The summed E-state index contributed by atoms with van der Waals surface area (Å²) < 4.78 is 5.22. The molecule has 0 radical (unpaired) electrons. The Morgan fingerprint density at radius 1 is 1.10 bits per heavy atom. The Bertz CT molecular complexity index is 965. The number of carbonyl (C=O) groups is 3. The molecule has 158 valence electrons. The van der Waals surface area contributed by atoms with Gasteiger partial charge in [0.2, 0.25) is 0 Å². The van der Waals surface area contributed by atoms with Gasteiger partial charge < -0.3 is 15.0 Å². The third-order valence-corrected chi connectivity index (χ3v) is 5.44. The predicted octanol–water partition coefficient (Wildman–Crippen LogP) is 5.02. The number of halogens is 2. The fourth-order valence-corrected chi connectivity index (χ4v) is 3.40. The van der Waals surface area contributed by atoms with Gasteiger partial charge in [-0.3, -0.25) is 4.79 Å². The van der Waals surface area contributed by atoms with Gasteiger partial charge in [-0.15, -0.1) is 0 Å². The summed E-state index contributed by atoms with van der Waals surface area (Å²) in [5.41, 5.74) is 0.939. The number of anilines is 1. The Balaban J connectivity index is 1.75. The number of benzene rings is 2. The van der Waals surface area contributed by atoms with Gasteiger partial charge in [-0.1, -0.05) is 48.7 Å². The van der Waals surface area contributed by atoms with Gasteiger partial charge in [0.15, 0.2) is 0 Å². The summed E-state index contributed by atoms with van der Waals surface area (Å²) in [7, 11) is 1.55. The fourth-order valence-electron chi connectivity index (χ4n) is 3.11. The molecule has 3 rings (SSSR count). The first-order valence-electron chi connectivity index (χ1n) is 9.45. The van der Waals surface area contributed by atoms with Crippen molar-refractivity contribution in [3.63, 3.8) is 0 Å². The largest absolute Gasteiger partial charge is 0.412 e. The van der Waals surface area contributed by atoms with Crippen LogP contribution in [0.4, 0.5) is 15.3 Å². The number of unbranched alkanes of at least 4 members (excludes halogenated alkanes) is 1. The normalized spacial score (nSPS) is 16.2. The minimum absolute atomic E-state index is 0.250. The van der Waals surface area contributed by atoms with Crippen molar-refractivity contribution in [1.29, 1.82) is 0 Å². The number of amides is 4. The molecular formula is C21H21Cl2N3O4. The van der Waals surface area contributed by atoms with Crippen LogP contribution in [0.2, 0.25) is 10.0 Å². The van der Waals surface area contributed by atoms with Gasteiger partial charge in [0.25, 0.3) is 5.91 Å². The molecule has 1 unspecified atom stereocenters. The molecule has 7 nitrogen and oxygen atoms in total. The third kappa shape index (κ3) is 4.52. The summed E-state index contributed by atoms with van der Waals surface area (Å²) in [6.07, 6.45) is 1.30. The van der Waals surface area contributed by atoms with E-state index in [2.05, 4.69) is 5.32 Å². The number of ether oxygens (including phenoxy) is 1. The Hall–Kier alpha value is -2.77. The first kappa shape index (κ1) is 21.9. The summed E-state index contributed by atoms with van der Waals surface area (Å²) in [6.45, 7) is 2.57. The van der Waals surface area contributed by atoms with E-state index in [-0.39, 0.29) is 5.02 Å². The molecule has 1 heterocycles. The monoisotopic (exact) mass is 449 g/mol. The summed E-state index contributed by atoms with van der Waals surface area (Å²) in [5, 5.41) is 3.24. The molecule has 2 aromatic carbocycles. The smallest absolute Gasteiger partial charge is 0.410 e. The van der Waals surface area contributed by atoms with Gasteiger partial charge >= 0.3 is 12.1 Å². The van der Waals surface area contributed by atoms with Gasteiger partial charge in [0.05, 0.1) is 15.7 Å². The maximum Gasteiger partial charge on any atom is 0.412 e. The van der Waals surface area contributed by atoms with Crippen LogP contribution in [0.5, 0.6) is 5.75 Å². The third-order valence-electron chi connectivity index (χ3n) is 4.70. The van der Waals surface area contributed by atoms with E-state index in [0.29, 0.717) is 28.6 Å². The zero-order valence-electron chi connectivity index (χ0n) is 16.5. The maximum absolute atomic E-state index is 13.0. The zero-order chi connectivity index (χ0) is 21.8. The van der Waals surface area contributed by atoms with Crippen LogP contribution in [0.15, 0.2) is 42.5 Å². The average Bonchev–Trinajstić information content (AvgIpc) is 2.94. The molecule has 1 N–H and O–H groups in total. The van der Waals surface area contributed by atoms with Gasteiger partial charge in [-0.25, -0.2) is 14.5 Å². The number of likely N-dealkylation sites (N-methyl/N-ethyl adjacent to an activating group) is 1. The van der Waals surface area contributed by atoms with Crippen LogP contribution in [-0.4, -0.2) is 36.5 Å². The molecule has 0 aliphatic carbocycles. The lowest BCUT2D eigenvalue weighted by Gasteiger charge is -2.16. The predicted molar refractivity (Wildman–Crippen MR) is 115 cm³/mol. The molecule has 1 atom stereocenters. The van der Waals surface area contributed by atoms with Crippen LogP contribution >= 0.6 is 23.2 Å². The van der Waals surface area contributed by atoms with Crippen LogP contribution in [0.3, 0.4) is 0 Å². The number of nitrogens with zero attached hydrogens (tertiary/aromatic N) is 2. The van der Waals surface area contributed by atoms with Crippen molar-refractivity contribution >= 4 is 46.9 Å². The standard InChI is InChI=1S/C21H21Cl2N3O4/c1-3-4-11-24-20(28)30-15-8-5-13(6-9-15)18-19(27)26(21(29)25(18)2)14-7-10-16(22)17(23)12-14/h5-10,12,18H,3-4,11H2,1-2H3,(H,24,28). The highest BCUT2D eigenvalue weighted by Crippen LogP contribution is 2.36. The lowest BCUT2D eigenvalue weighted by molar-refractivity contribution is -0.119. The van der Waals surface area contributed by atoms with Crippen LogP contribution < -0.4 is 15.0 Å². The van der Waals surface area contributed by atoms with Gasteiger partial charge in [-0.2, -0.15) is 0 Å². The van der Waals surface area contributed by atoms with Crippen molar-refractivity contribution in [3.8, 4) is 5.75 Å². The SMILES string of the molecule is CCCCNC(=O)Oc1ccc(C2C(=O)N(c3ccc(Cl)c(Cl)c3)C(=O)N2C)cc1. The van der Waals surface area contributed by atoms with E-state index < -0.39 is 24.1 Å². The van der Waals surface area contributed by atoms with Crippen molar-refractivity contribution < 1.29 is 19.1 Å². The molecule has 0 bridgehead atoms. The summed E-state index contributed by atoms with van der Waals surface area (Å²) in [6, 6.07) is 9.77. The molecular weight excluding hydrogens is 429 g/mol. The number of hydrogen-bond donors (Lipinski definition) is 1. The quantitative estimate of drug-likeness (QED) is 0.495. The molecule has 1 fully saturated rings. The van der Waals surface area contributed by atoms with E-state index >= 15 is 0 Å². The topological polar surface area (TPSA) is 79.0 Å². The van der Waals surface area contributed by atoms with Crippen molar-refractivity contribution in [2.24, 2.45) is 0 Å². The molecule has 30 heavy (non-hydrogen) atoms. The Kier molecular flexibility index (Phi) is 6.84. The van der Waals surface area contributed by atoms with Crippen molar-refractivity contribution in [1.82, 2.24) is 10.2 Å². The minimum atomic E-state index is -0.806. The van der Waals surface area contributed by atoms with E-state index in [1.807, 2.05) is 6.92 Å². The molecule has 0 saturated carbocycles. The second-order valence-corrected chi connectivity index (χ2v) is 7.62. The Morgan fingerprint density at radius 2 is 1.80 bits per heavy atom. The van der Waals surface area contributed by atoms with Gasteiger partial charge in [-0.05, 0) is 42.3 Å². The highest BCUT2D eigenvalue weighted by molar-refractivity contribution is 6.42. The highest BCUT2D eigenvalue weighted by Gasteiger charge is 2.44. The Labute approximate surface area is 184 Å². The molecule has 0 spiro atoms. The first-order chi connectivity index (χ1) is 14.3. The number of nitrogens with one attached hydrogen (secondary N) is 1. The van der Waals surface area contributed by atoms with E-state index in [1.165, 1.54) is 17.0 Å². The summed E-state index contributed by atoms with van der Waals surface area (Å²) >= 11 is 12.0. The molecule has 1 saturated heterocycles. The van der Waals surface area contributed by atoms with Gasteiger partial charge in [0.1, 0.15) is 11.8 Å². The second kappa shape index (κ2) is 9.36. The lowest BCUT2D eigenvalue weighted by atomic mass is 10.1. The van der Waals surface area contributed by atoms with Crippen molar-refractivity contribution in [3.05, 3.63) is 58.1 Å². The van der Waals surface area contributed by atoms with E-state index in [4.69, 9.17) is 27.9 Å².